The number of aryl methyl sites for hydroxylation is 2. The van der Waals surface area contributed by atoms with Crippen molar-refractivity contribution in [3.05, 3.63) is 29.3 Å². The zero-order valence-corrected chi connectivity index (χ0v) is 13.7. The van der Waals surface area contributed by atoms with Crippen LogP contribution < -0.4 is 4.72 Å². The number of rotatable bonds is 3. The fourth-order valence-electron chi connectivity index (χ4n) is 2.48. The van der Waals surface area contributed by atoms with E-state index in [0.717, 1.165) is 36.8 Å². The first-order valence-electron chi connectivity index (χ1n) is 6.64. The minimum Gasteiger partial charge on any atom is -0.207 e. The fourth-order valence-corrected chi connectivity index (χ4v) is 5.01. The third-order valence-corrected chi connectivity index (χ3v) is 6.35. The highest BCUT2D eigenvalue weighted by atomic mass is 79.9. The summed E-state index contributed by atoms with van der Waals surface area (Å²) in [4.78, 5) is 0.638. The van der Waals surface area contributed by atoms with Gasteiger partial charge in [-0.1, -0.05) is 40.9 Å². The summed E-state index contributed by atoms with van der Waals surface area (Å²) in [5, 5.41) is 0. The lowest BCUT2D eigenvalue weighted by Gasteiger charge is -2.28. The summed E-state index contributed by atoms with van der Waals surface area (Å²) in [6.07, 6.45) is 4.18. The summed E-state index contributed by atoms with van der Waals surface area (Å²) < 4.78 is 27.8. The van der Waals surface area contributed by atoms with Gasteiger partial charge in [0.25, 0.3) is 0 Å². The van der Waals surface area contributed by atoms with E-state index in [4.69, 9.17) is 0 Å². The van der Waals surface area contributed by atoms with Crippen LogP contribution in [0.15, 0.2) is 23.1 Å². The van der Waals surface area contributed by atoms with E-state index < -0.39 is 10.0 Å². The average Bonchev–Trinajstić information content (AvgIpc) is 2.35. The number of nitrogens with one attached hydrogen (secondary N) is 1. The summed E-state index contributed by atoms with van der Waals surface area (Å²) in [5.74, 6) is 0. The molecule has 1 aromatic carbocycles. The quantitative estimate of drug-likeness (QED) is 0.854. The third kappa shape index (κ3) is 3.58. The van der Waals surface area contributed by atoms with Gasteiger partial charge < -0.3 is 0 Å². The Labute approximate surface area is 124 Å². The lowest BCUT2D eigenvalue weighted by Crippen LogP contribution is -2.42. The van der Waals surface area contributed by atoms with Crippen molar-refractivity contribution < 1.29 is 8.42 Å². The molecule has 1 N–H and O–H groups in total. The molecule has 0 spiro atoms. The Morgan fingerprint density at radius 2 is 1.89 bits per heavy atom. The van der Waals surface area contributed by atoms with E-state index in [1.54, 1.807) is 6.07 Å². The summed E-state index contributed by atoms with van der Waals surface area (Å²) >= 11 is 3.59. The summed E-state index contributed by atoms with van der Waals surface area (Å²) in [5.41, 5.74) is 1.75. The van der Waals surface area contributed by atoms with Gasteiger partial charge in [0.15, 0.2) is 0 Å². The van der Waals surface area contributed by atoms with E-state index in [-0.39, 0.29) is 10.9 Å². The van der Waals surface area contributed by atoms with Gasteiger partial charge in [0, 0.05) is 10.9 Å². The Morgan fingerprint density at radius 3 is 2.58 bits per heavy atom. The lowest BCUT2D eigenvalue weighted by molar-refractivity contribution is 0.427. The first-order valence-corrected chi connectivity index (χ1v) is 9.04. The maximum atomic E-state index is 12.5. The Kier molecular flexibility index (Phi) is 4.69. The molecule has 1 fully saturated rings. The summed E-state index contributed by atoms with van der Waals surface area (Å²) in [6, 6.07) is 5.53. The van der Waals surface area contributed by atoms with Gasteiger partial charge >= 0.3 is 0 Å². The molecule has 1 aliphatic carbocycles. The van der Waals surface area contributed by atoms with E-state index in [9.17, 15) is 8.42 Å². The molecule has 0 aliphatic heterocycles. The second kappa shape index (κ2) is 5.94. The number of sulfonamides is 1. The van der Waals surface area contributed by atoms with Crippen molar-refractivity contribution in [2.24, 2.45) is 0 Å². The Morgan fingerprint density at radius 1 is 1.21 bits per heavy atom. The highest BCUT2D eigenvalue weighted by Crippen LogP contribution is 2.26. The van der Waals surface area contributed by atoms with Gasteiger partial charge in [-0.2, -0.15) is 0 Å². The van der Waals surface area contributed by atoms with Crippen LogP contribution in [0.4, 0.5) is 0 Å². The average molecular weight is 346 g/mol. The normalized spacial score (nSPS) is 24.4. The van der Waals surface area contributed by atoms with Crippen LogP contribution in [0.1, 0.15) is 36.8 Å². The number of hydrogen-bond acceptors (Lipinski definition) is 2. The second-order valence-corrected chi connectivity index (χ2v) is 8.16. The van der Waals surface area contributed by atoms with Crippen molar-refractivity contribution in [1.29, 1.82) is 0 Å². The molecule has 3 nitrogen and oxygen atoms in total. The summed E-state index contributed by atoms with van der Waals surface area (Å²) in [6.45, 7) is 3.74. The van der Waals surface area contributed by atoms with Crippen LogP contribution in [0.25, 0.3) is 0 Å². The summed E-state index contributed by atoms with van der Waals surface area (Å²) in [7, 11) is -3.43. The van der Waals surface area contributed by atoms with Gasteiger partial charge in [-0.05, 0) is 43.9 Å². The standard InChI is InChI=1S/C14H20BrNO2S/c1-10-7-8-11(2)14(9-10)19(17,18)16-13-6-4-3-5-12(13)15/h7-9,12-13,16H,3-6H2,1-2H3. The maximum absolute atomic E-state index is 12.5. The van der Waals surface area contributed by atoms with Crippen molar-refractivity contribution in [2.75, 3.05) is 0 Å². The first kappa shape index (κ1) is 15.0. The van der Waals surface area contributed by atoms with Crippen molar-refractivity contribution in [1.82, 2.24) is 4.72 Å². The minimum absolute atomic E-state index is 0.00124. The van der Waals surface area contributed by atoms with Crippen LogP contribution in [-0.2, 0) is 10.0 Å². The third-order valence-electron chi connectivity index (χ3n) is 3.62. The van der Waals surface area contributed by atoms with Crippen molar-refractivity contribution >= 4 is 26.0 Å². The molecular weight excluding hydrogens is 326 g/mol. The molecule has 2 rings (SSSR count). The van der Waals surface area contributed by atoms with Gasteiger partial charge in [-0.25, -0.2) is 13.1 Å². The monoisotopic (exact) mass is 345 g/mol. The molecule has 2 unspecified atom stereocenters. The van der Waals surface area contributed by atoms with Crippen LogP contribution in [-0.4, -0.2) is 19.3 Å². The molecule has 106 valence electrons. The van der Waals surface area contributed by atoms with Gasteiger partial charge in [-0.3, -0.25) is 0 Å². The molecule has 5 heteroatoms. The zero-order valence-electron chi connectivity index (χ0n) is 11.3. The largest absolute Gasteiger partial charge is 0.241 e. The van der Waals surface area contributed by atoms with Crippen LogP contribution in [0.5, 0.6) is 0 Å². The molecule has 19 heavy (non-hydrogen) atoms. The zero-order chi connectivity index (χ0) is 14.0. The van der Waals surface area contributed by atoms with Gasteiger partial charge in [0.05, 0.1) is 4.90 Å². The molecule has 0 saturated heterocycles. The number of alkyl halides is 1. The van der Waals surface area contributed by atoms with E-state index >= 15 is 0 Å². The molecule has 0 aromatic heterocycles. The highest BCUT2D eigenvalue weighted by Gasteiger charge is 2.28. The van der Waals surface area contributed by atoms with Crippen LogP contribution >= 0.6 is 15.9 Å². The first-order chi connectivity index (χ1) is 8.90. The Balaban J connectivity index is 2.24. The lowest BCUT2D eigenvalue weighted by atomic mass is 9.96. The van der Waals surface area contributed by atoms with Crippen molar-refractivity contribution in [2.45, 2.75) is 55.3 Å². The molecule has 2 atom stereocenters. The molecule has 0 bridgehead atoms. The number of hydrogen-bond donors (Lipinski definition) is 1. The Bertz CT molecular complexity index is 557. The number of benzene rings is 1. The predicted molar refractivity (Wildman–Crippen MR) is 81.2 cm³/mol. The minimum atomic E-state index is -3.43. The van der Waals surface area contributed by atoms with Gasteiger partial charge in [0.1, 0.15) is 0 Å². The Hall–Kier alpha value is -0.390. The molecule has 0 radical (unpaired) electrons. The topological polar surface area (TPSA) is 46.2 Å². The second-order valence-electron chi connectivity index (χ2n) is 5.30. The van der Waals surface area contributed by atoms with Crippen LogP contribution in [0.3, 0.4) is 0 Å². The van der Waals surface area contributed by atoms with Gasteiger partial charge in [0.2, 0.25) is 10.0 Å². The highest BCUT2D eigenvalue weighted by molar-refractivity contribution is 9.09. The van der Waals surface area contributed by atoms with Crippen molar-refractivity contribution in [3.8, 4) is 0 Å². The molecule has 1 saturated carbocycles. The SMILES string of the molecule is Cc1ccc(C)c(S(=O)(=O)NC2CCCCC2Br)c1. The molecular formula is C14H20BrNO2S. The van der Waals surface area contributed by atoms with Crippen LogP contribution in [0, 0.1) is 13.8 Å². The predicted octanol–water partition coefficient (Wildman–Crippen LogP) is 3.29. The fraction of sp³-hybridized carbons (Fsp3) is 0.571. The molecule has 0 heterocycles. The van der Waals surface area contributed by atoms with E-state index in [1.807, 2.05) is 26.0 Å². The van der Waals surface area contributed by atoms with E-state index in [1.165, 1.54) is 0 Å². The van der Waals surface area contributed by atoms with E-state index in [2.05, 4.69) is 20.7 Å². The van der Waals surface area contributed by atoms with Gasteiger partial charge in [-0.15, -0.1) is 0 Å². The van der Waals surface area contributed by atoms with Crippen LogP contribution in [0.2, 0.25) is 0 Å². The number of halogens is 1. The molecule has 1 aliphatic rings. The smallest absolute Gasteiger partial charge is 0.207 e. The van der Waals surface area contributed by atoms with Crippen molar-refractivity contribution in [3.63, 3.8) is 0 Å². The molecule has 0 amide bonds. The molecule has 1 aromatic rings. The van der Waals surface area contributed by atoms with E-state index in [0.29, 0.717) is 4.90 Å². The maximum Gasteiger partial charge on any atom is 0.241 e.